The topological polar surface area (TPSA) is 17.1 Å². The minimum Gasteiger partial charge on any atom is -0.293 e. The van der Waals surface area contributed by atoms with E-state index in [1.807, 2.05) is 0 Å². The van der Waals surface area contributed by atoms with Crippen LogP contribution in [0.3, 0.4) is 0 Å². The highest BCUT2D eigenvalue weighted by molar-refractivity contribution is 9.10. The smallest absolute Gasteiger partial charge is 0.179 e. The Morgan fingerprint density at radius 3 is 2.64 bits per heavy atom. The van der Waals surface area contributed by atoms with Gasteiger partial charge in [-0.15, -0.1) is 0 Å². The summed E-state index contributed by atoms with van der Waals surface area (Å²) in [5.41, 5.74) is -0.0740. The molecule has 1 rings (SSSR count). The maximum Gasteiger partial charge on any atom is 0.179 e. The normalized spacial score (nSPS) is 12.6. The molecule has 0 fully saturated rings. The molecule has 0 aromatic heterocycles. The van der Waals surface area contributed by atoms with Crippen molar-refractivity contribution in [3.8, 4) is 0 Å². The number of alkyl halides is 1. The molecule has 1 unspecified atom stereocenters. The molecule has 0 N–H and O–H groups in total. The lowest BCUT2D eigenvalue weighted by atomic mass is 10.1. The standard InChI is InChI=1S/C10H9BrF2O/c1-2-8(11)10(14)7-4-3-6(12)5-9(7)13/h3-5,8H,2H2,1H3. The van der Waals surface area contributed by atoms with E-state index in [4.69, 9.17) is 0 Å². The third-order valence-electron chi connectivity index (χ3n) is 1.84. The monoisotopic (exact) mass is 262 g/mol. The number of Topliss-reactive ketones (excluding diaryl/α,β-unsaturated/α-hetero) is 1. The van der Waals surface area contributed by atoms with Gasteiger partial charge in [-0.05, 0) is 18.6 Å². The highest BCUT2D eigenvalue weighted by Gasteiger charge is 2.18. The molecule has 4 heteroatoms. The van der Waals surface area contributed by atoms with Gasteiger partial charge in [-0.2, -0.15) is 0 Å². The van der Waals surface area contributed by atoms with Crippen LogP contribution < -0.4 is 0 Å². The molecule has 0 spiro atoms. The molecule has 0 saturated carbocycles. The van der Waals surface area contributed by atoms with Gasteiger partial charge in [0.25, 0.3) is 0 Å². The van der Waals surface area contributed by atoms with Gasteiger partial charge in [-0.1, -0.05) is 22.9 Å². The molecule has 14 heavy (non-hydrogen) atoms. The van der Waals surface area contributed by atoms with E-state index >= 15 is 0 Å². The average molecular weight is 263 g/mol. The Morgan fingerprint density at radius 2 is 2.14 bits per heavy atom. The van der Waals surface area contributed by atoms with Crippen molar-refractivity contribution >= 4 is 21.7 Å². The second kappa shape index (κ2) is 4.64. The van der Waals surface area contributed by atoms with Gasteiger partial charge >= 0.3 is 0 Å². The lowest BCUT2D eigenvalue weighted by molar-refractivity contribution is 0.0986. The fourth-order valence-electron chi connectivity index (χ4n) is 1.04. The fourth-order valence-corrected chi connectivity index (χ4v) is 1.29. The highest BCUT2D eigenvalue weighted by atomic mass is 79.9. The molecule has 0 heterocycles. The number of benzene rings is 1. The second-order valence-electron chi connectivity index (χ2n) is 2.86. The van der Waals surface area contributed by atoms with Crippen LogP contribution in [0.5, 0.6) is 0 Å². The van der Waals surface area contributed by atoms with E-state index in [0.29, 0.717) is 12.5 Å². The number of carbonyl (C=O) groups excluding carboxylic acids is 1. The van der Waals surface area contributed by atoms with Crippen molar-refractivity contribution < 1.29 is 13.6 Å². The van der Waals surface area contributed by atoms with E-state index in [1.54, 1.807) is 6.92 Å². The number of hydrogen-bond acceptors (Lipinski definition) is 1. The van der Waals surface area contributed by atoms with Gasteiger partial charge in [0.05, 0.1) is 10.4 Å². The van der Waals surface area contributed by atoms with Crippen molar-refractivity contribution in [3.63, 3.8) is 0 Å². The van der Waals surface area contributed by atoms with Crippen molar-refractivity contribution in [1.29, 1.82) is 0 Å². The summed E-state index contributed by atoms with van der Waals surface area (Å²) in [5.74, 6) is -1.85. The molecule has 0 bridgehead atoms. The predicted octanol–water partition coefficient (Wildman–Crippen LogP) is 3.32. The van der Waals surface area contributed by atoms with Crippen LogP contribution in [0.4, 0.5) is 8.78 Å². The van der Waals surface area contributed by atoms with Gasteiger partial charge in [0.15, 0.2) is 5.78 Å². The summed E-state index contributed by atoms with van der Waals surface area (Å²) < 4.78 is 25.6. The molecule has 1 aromatic rings. The number of carbonyl (C=O) groups is 1. The van der Waals surface area contributed by atoms with Crippen LogP contribution in [0.25, 0.3) is 0 Å². The molecular weight excluding hydrogens is 254 g/mol. The Morgan fingerprint density at radius 1 is 1.50 bits per heavy atom. The summed E-state index contributed by atoms with van der Waals surface area (Å²) in [4.78, 5) is 11.1. The Kier molecular flexibility index (Phi) is 3.75. The number of ketones is 1. The summed E-state index contributed by atoms with van der Waals surface area (Å²) in [7, 11) is 0. The van der Waals surface area contributed by atoms with Crippen molar-refractivity contribution in [3.05, 3.63) is 35.4 Å². The molecule has 0 radical (unpaired) electrons. The molecule has 0 aliphatic rings. The zero-order valence-corrected chi connectivity index (χ0v) is 9.14. The van der Waals surface area contributed by atoms with E-state index in [1.165, 1.54) is 0 Å². The van der Waals surface area contributed by atoms with E-state index in [-0.39, 0.29) is 11.3 Å². The van der Waals surface area contributed by atoms with Gasteiger partial charge < -0.3 is 0 Å². The molecule has 1 nitrogen and oxygen atoms in total. The van der Waals surface area contributed by atoms with E-state index < -0.39 is 16.5 Å². The van der Waals surface area contributed by atoms with E-state index in [9.17, 15) is 13.6 Å². The minimum atomic E-state index is -0.812. The first-order chi connectivity index (χ1) is 6.56. The van der Waals surface area contributed by atoms with Crippen LogP contribution in [0.15, 0.2) is 18.2 Å². The molecule has 76 valence electrons. The summed E-state index contributed by atoms with van der Waals surface area (Å²) in [6.07, 6.45) is 0.565. The fraction of sp³-hybridized carbons (Fsp3) is 0.300. The van der Waals surface area contributed by atoms with Crippen molar-refractivity contribution in [2.45, 2.75) is 18.2 Å². The maximum atomic E-state index is 13.1. The van der Waals surface area contributed by atoms with Gasteiger partial charge in [0.1, 0.15) is 11.6 Å². The number of hydrogen-bond donors (Lipinski definition) is 0. The lowest BCUT2D eigenvalue weighted by Gasteiger charge is -2.06. The SMILES string of the molecule is CCC(Br)C(=O)c1ccc(F)cc1F. The zero-order valence-electron chi connectivity index (χ0n) is 7.56. The van der Waals surface area contributed by atoms with Crippen LogP contribution in [0.2, 0.25) is 0 Å². The molecule has 1 atom stereocenters. The summed E-state index contributed by atoms with van der Waals surface area (Å²) in [6, 6.07) is 2.95. The molecule has 0 aliphatic carbocycles. The Balaban J connectivity index is 3.02. The van der Waals surface area contributed by atoms with Crippen molar-refractivity contribution in [2.24, 2.45) is 0 Å². The Labute approximate surface area is 89.3 Å². The summed E-state index contributed by atoms with van der Waals surface area (Å²) in [6.45, 7) is 1.80. The van der Waals surface area contributed by atoms with E-state index in [0.717, 1.165) is 12.1 Å². The molecule has 1 aromatic carbocycles. The quantitative estimate of drug-likeness (QED) is 0.604. The largest absolute Gasteiger partial charge is 0.293 e. The van der Waals surface area contributed by atoms with E-state index in [2.05, 4.69) is 15.9 Å². The summed E-state index contributed by atoms with van der Waals surface area (Å²) >= 11 is 3.12. The lowest BCUT2D eigenvalue weighted by Crippen LogP contribution is -2.14. The molecule has 0 amide bonds. The van der Waals surface area contributed by atoms with Gasteiger partial charge in [-0.3, -0.25) is 4.79 Å². The summed E-state index contributed by atoms with van der Waals surface area (Å²) in [5, 5.41) is 0. The van der Waals surface area contributed by atoms with Crippen LogP contribution in [0, 0.1) is 11.6 Å². The van der Waals surface area contributed by atoms with Gasteiger partial charge in [0, 0.05) is 6.07 Å². The first-order valence-electron chi connectivity index (χ1n) is 4.19. The van der Waals surface area contributed by atoms with Gasteiger partial charge in [-0.25, -0.2) is 8.78 Å². The highest BCUT2D eigenvalue weighted by Crippen LogP contribution is 2.16. The number of rotatable bonds is 3. The molecule has 0 saturated heterocycles. The maximum absolute atomic E-state index is 13.1. The zero-order chi connectivity index (χ0) is 10.7. The van der Waals surface area contributed by atoms with Crippen molar-refractivity contribution in [1.82, 2.24) is 0 Å². The predicted molar refractivity (Wildman–Crippen MR) is 53.7 cm³/mol. The van der Waals surface area contributed by atoms with Crippen LogP contribution in [-0.4, -0.2) is 10.6 Å². The Hall–Kier alpha value is -0.770. The van der Waals surface area contributed by atoms with Crippen molar-refractivity contribution in [2.75, 3.05) is 0 Å². The minimum absolute atomic E-state index is 0.0740. The average Bonchev–Trinajstić information content (AvgIpc) is 2.15. The first-order valence-corrected chi connectivity index (χ1v) is 5.11. The third-order valence-corrected chi connectivity index (χ3v) is 2.90. The number of halogens is 3. The van der Waals surface area contributed by atoms with Crippen LogP contribution in [-0.2, 0) is 0 Å². The second-order valence-corrected chi connectivity index (χ2v) is 3.97. The van der Waals surface area contributed by atoms with Gasteiger partial charge in [0.2, 0.25) is 0 Å². The van der Waals surface area contributed by atoms with Crippen LogP contribution >= 0.6 is 15.9 Å². The molecular formula is C10H9BrF2O. The third kappa shape index (κ3) is 2.38. The molecule has 0 aliphatic heterocycles. The Bertz CT molecular complexity index is 352. The van der Waals surface area contributed by atoms with Crippen LogP contribution in [0.1, 0.15) is 23.7 Å². The first kappa shape index (κ1) is 11.3.